The maximum atomic E-state index is 3.29. The van der Waals surface area contributed by atoms with Crippen molar-refractivity contribution in [1.29, 1.82) is 0 Å². The molecule has 28 heavy (non-hydrogen) atoms. The quantitative estimate of drug-likeness (QED) is 0.230. The number of hydrogen-bond donors (Lipinski definition) is 1. The summed E-state index contributed by atoms with van der Waals surface area (Å²) < 4.78 is 2.46. The van der Waals surface area contributed by atoms with Gasteiger partial charge < -0.3 is 0 Å². The maximum Gasteiger partial charge on any atom is 0.241 e. The van der Waals surface area contributed by atoms with Gasteiger partial charge in [-0.25, -0.2) is 4.57 Å². The monoisotopic (exact) mass is 383 g/mol. The molecule has 0 saturated heterocycles. The van der Waals surface area contributed by atoms with E-state index < -0.39 is 0 Å². The van der Waals surface area contributed by atoms with Gasteiger partial charge in [-0.05, 0) is 31.2 Å². The van der Waals surface area contributed by atoms with E-state index in [0.717, 1.165) is 5.92 Å². The zero-order chi connectivity index (χ0) is 19.9. The second-order valence-electron chi connectivity index (χ2n) is 8.48. The standard InChI is InChI=1S/C26H42N2/c1-3-5-7-9-14-18-25(22-24-16-12-11-13-17-24)26(28-21-20-27-23-28)19-15-10-8-6-4-2/h11-13,16-17,20-21,23,25-26H,3-10,14-15,18-19,22H2,1-2H3/p+1. The highest BCUT2D eigenvalue weighted by Crippen LogP contribution is 2.28. The zero-order valence-corrected chi connectivity index (χ0v) is 18.4. The summed E-state index contributed by atoms with van der Waals surface area (Å²) >= 11 is 0. The largest absolute Gasteiger partial charge is 0.250 e. The van der Waals surface area contributed by atoms with Crippen LogP contribution >= 0.6 is 0 Å². The number of aromatic amines is 1. The average Bonchev–Trinajstić information content (AvgIpc) is 3.25. The van der Waals surface area contributed by atoms with E-state index in [1.54, 1.807) is 0 Å². The van der Waals surface area contributed by atoms with Crippen LogP contribution in [0.4, 0.5) is 0 Å². The first-order chi connectivity index (χ1) is 13.8. The van der Waals surface area contributed by atoms with E-state index in [1.165, 1.54) is 89.0 Å². The van der Waals surface area contributed by atoms with E-state index in [4.69, 9.17) is 0 Å². The summed E-state index contributed by atoms with van der Waals surface area (Å²) in [5.41, 5.74) is 1.49. The highest BCUT2D eigenvalue weighted by atomic mass is 15.1. The molecule has 0 radical (unpaired) electrons. The lowest BCUT2D eigenvalue weighted by Gasteiger charge is -2.25. The van der Waals surface area contributed by atoms with Crippen molar-refractivity contribution in [2.75, 3.05) is 0 Å². The van der Waals surface area contributed by atoms with Crippen molar-refractivity contribution in [3.05, 3.63) is 54.6 Å². The molecule has 1 aromatic heterocycles. The number of nitrogens with one attached hydrogen (secondary N) is 1. The van der Waals surface area contributed by atoms with Gasteiger partial charge in [0.05, 0.1) is 0 Å². The van der Waals surface area contributed by atoms with Gasteiger partial charge >= 0.3 is 0 Å². The Morgan fingerprint density at radius 2 is 1.43 bits per heavy atom. The van der Waals surface area contributed by atoms with E-state index in [2.05, 4.69) is 72.5 Å². The minimum absolute atomic E-state index is 0.610. The molecule has 1 N–H and O–H groups in total. The fraction of sp³-hybridized carbons (Fsp3) is 0.654. The van der Waals surface area contributed by atoms with Gasteiger partial charge in [0, 0.05) is 5.92 Å². The minimum Gasteiger partial charge on any atom is -0.250 e. The van der Waals surface area contributed by atoms with Gasteiger partial charge in [-0.3, -0.25) is 4.98 Å². The summed E-state index contributed by atoms with van der Waals surface area (Å²) in [5.74, 6) is 0.719. The molecule has 2 nitrogen and oxygen atoms in total. The van der Waals surface area contributed by atoms with E-state index in [-0.39, 0.29) is 0 Å². The fourth-order valence-electron chi connectivity index (χ4n) is 4.45. The van der Waals surface area contributed by atoms with E-state index in [1.807, 2.05) is 0 Å². The predicted octanol–water partition coefficient (Wildman–Crippen LogP) is 7.42. The van der Waals surface area contributed by atoms with E-state index in [0.29, 0.717) is 6.04 Å². The molecular weight excluding hydrogens is 340 g/mol. The maximum absolute atomic E-state index is 3.29. The molecule has 0 bridgehead atoms. The molecule has 0 amide bonds. The van der Waals surface area contributed by atoms with E-state index >= 15 is 0 Å². The van der Waals surface area contributed by atoms with Crippen LogP contribution in [0.2, 0.25) is 0 Å². The Morgan fingerprint density at radius 3 is 2.04 bits per heavy atom. The Labute approximate surface area is 173 Å². The van der Waals surface area contributed by atoms with Gasteiger partial charge in [-0.1, -0.05) is 102 Å². The molecule has 156 valence electrons. The molecule has 2 atom stereocenters. The van der Waals surface area contributed by atoms with Crippen LogP contribution in [0.3, 0.4) is 0 Å². The van der Waals surface area contributed by atoms with Crippen LogP contribution < -0.4 is 4.57 Å². The Kier molecular flexibility index (Phi) is 11.7. The van der Waals surface area contributed by atoms with Crippen molar-refractivity contribution in [1.82, 2.24) is 4.98 Å². The van der Waals surface area contributed by atoms with E-state index in [9.17, 15) is 0 Å². The number of hydrogen-bond acceptors (Lipinski definition) is 0. The summed E-state index contributed by atoms with van der Waals surface area (Å²) in [5, 5.41) is 0. The Balaban J connectivity index is 2.02. The van der Waals surface area contributed by atoms with Crippen molar-refractivity contribution in [3.63, 3.8) is 0 Å². The fourth-order valence-corrected chi connectivity index (χ4v) is 4.45. The minimum atomic E-state index is 0.610. The van der Waals surface area contributed by atoms with Gasteiger partial charge in [-0.15, -0.1) is 0 Å². The number of H-pyrrole nitrogens is 1. The van der Waals surface area contributed by atoms with Crippen molar-refractivity contribution < 1.29 is 4.57 Å². The van der Waals surface area contributed by atoms with Gasteiger partial charge in [0.1, 0.15) is 18.4 Å². The number of nitrogens with zero attached hydrogens (tertiary/aromatic N) is 1. The SMILES string of the molecule is CCCCCCCC(Cc1ccccc1)C(CCCCCCC)[n+]1cc[nH]c1. The second kappa shape index (κ2) is 14.4. The predicted molar refractivity (Wildman–Crippen MR) is 120 cm³/mol. The van der Waals surface area contributed by atoms with Crippen LogP contribution in [0, 0.1) is 5.92 Å². The molecule has 2 unspecified atom stereocenters. The van der Waals surface area contributed by atoms with Gasteiger partial charge in [0.2, 0.25) is 6.33 Å². The summed E-state index contributed by atoms with van der Waals surface area (Å²) in [6.07, 6.45) is 24.0. The molecule has 0 aliphatic rings. The van der Waals surface area contributed by atoms with Crippen LogP contribution in [0.25, 0.3) is 0 Å². The number of imidazole rings is 1. The number of rotatable bonds is 16. The van der Waals surface area contributed by atoms with Crippen LogP contribution in [0.15, 0.2) is 49.1 Å². The molecule has 1 aromatic carbocycles. The summed E-state index contributed by atoms with van der Waals surface area (Å²) in [6, 6.07) is 11.7. The van der Waals surface area contributed by atoms with Crippen molar-refractivity contribution in [2.45, 2.75) is 103 Å². The van der Waals surface area contributed by atoms with Crippen molar-refractivity contribution in [3.8, 4) is 0 Å². The smallest absolute Gasteiger partial charge is 0.241 e. The second-order valence-corrected chi connectivity index (χ2v) is 8.48. The first-order valence-corrected chi connectivity index (χ1v) is 11.9. The van der Waals surface area contributed by atoms with Crippen molar-refractivity contribution >= 4 is 0 Å². The van der Waals surface area contributed by atoms with Gasteiger partial charge in [0.25, 0.3) is 0 Å². The normalized spacial score (nSPS) is 13.5. The number of benzene rings is 1. The molecule has 0 fully saturated rings. The van der Waals surface area contributed by atoms with Gasteiger partial charge in [-0.2, -0.15) is 0 Å². The van der Waals surface area contributed by atoms with Crippen LogP contribution in [-0.2, 0) is 6.42 Å². The van der Waals surface area contributed by atoms with Crippen LogP contribution in [-0.4, -0.2) is 4.98 Å². The topological polar surface area (TPSA) is 19.7 Å². The molecule has 0 aliphatic heterocycles. The average molecular weight is 384 g/mol. The number of aromatic nitrogens is 2. The molecule has 0 aliphatic carbocycles. The van der Waals surface area contributed by atoms with Gasteiger partial charge in [0.15, 0.2) is 0 Å². The lowest BCUT2D eigenvalue weighted by atomic mass is 9.84. The lowest BCUT2D eigenvalue weighted by Crippen LogP contribution is -2.42. The molecule has 1 heterocycles. The third-order valence-corrected chi connectivity index (χ3v) is 6.12. The third-order valence-electron chi connectivity index (χ3n) is 6.12. The number of unbranched alkanes of at least 4 members (excludes halogenated alkanes) is 8. The van der Waals surface area contributed by atoms with Crippen LogP contribution in [0.1, 0.15) is 103 Å². The first kappa shape index (κ1) is 22.7. The highest BCUT2D eigenvalue weighted by molar-refractivity contribution is 5.15. The van der Waals surface area contributed by atoms with Crippen molar-refractivity contribution in [2.24, 2.45) is 5.92 Å². The Hall–Kier alpha value is -1.57. The first-order valence-electron chi connectivity index (χ1n) is 11.9. The highest BCUT2D eigenvalue weighted by Gasteiger charge is 2.26. The summed E-state index contributed by atoms with van der Waals surface area (Å²) in [7, 11) is 0. The molecule has 0 spiro atoms. The Bertz CT molecular complexity index is 576. The molecular formula is C26H43N2+. The zero-order valence-electron chi connectivity index (χ0n) is 18.4. The summed E-state index contributed by atoms with van der Waals surface area (Å²) in [6.45, 7) is 4.60. The lowest BCUT2D eigenvalue weighted by molar-refractivity contribution is -0.730. The third kappa shape index (κ3) is 8.63. The summed E-state index contributed by atoms with van der Waals surface area (Å²) in [4.78, 5) is 3.29. The molecule has 2 heteroatoms. The molecule has 2 rings (SSSR count). The Morgan fingerprint density at radius 1 is 0.786 bits per heavy atom. The molecule has 2 aromatic rings. The van der Waals surface area contributed by atoms with Crippen LogP contribution in [0.5, 0.6) is 0 Å². The molecule has 0 saturated carbocycles.